The zero-order chi connectivity index (χ0) is 14.5. The van der Waals surface area contributed by atoms with E-state index in [0.29, 0.717) is 11.4 Å². The van der Waals surface area contributed by atoms with Crippen LogP contribution >= 0.6 is 11.6 Å². The van der Waals surface area contributed by atoms with Gasteiger partial charge in [-0.05, 0) is 24.1 Å². The maximum absolute atomic E-state index is 12.5. The molecule has 1 rings (SSSR count). The van der Waals surface area contributed by atoms with Gasteiger partial charge in [-0.25, -0.2) is 8.78 Å². The first-order valence-corrected chi connectivity index (χ1v) is 5.93. The van der Waals surface area contributed by atoms with E-state index in [0.717, 1.165) is 5.56 Å². The molecule has 0 bridgehead atoms. The molecule has 0 aromatic heterocycles. The van der Waals surface area contributed by atoms with Crippen molar-refractivity contribution in [3.05, 3.63) is 34.9 Å². The molecule has 0 aliphatic heterocycles. The van der Waals surface area contributed by atoms with Gasteiger partial charge in [0.15, 0.2) is 0 Å². The maximum Gasteiger partial charge on any atom is 0.330 e. The summed E-state index contributed by atoms with van der Waals surface area (Å²) < 4.78 is 53.3. The van der Waals surface area contributed by atoms with Crippen LogP contribution in [0.2, 0.25) is 5.02 Å². The van der Waals surface area contributed by atoms with Crippen molar-refractivity contribution in [2.24, 2.45) is 5.73 Å². The van der Waals surface area contributed by atoms with Gasteiger partial charge in [0.25, 0.3) is 0 Å². The van der Waals surface area contributed by atoms with Gasteiger partial charge in [0, 0.05) is 11.1 Å². The molecule has 1 aromatic carbocycles. The molecule has 7 heteroatoms. The third-order valence-electron chi connectivity index (χ3n) is 2.36. The molecule has 108 valence electrons. The normalized spacial score (nSPS) is 13.8. The molecule has 2 nitrogen and oxygen atoms in total. The first-order valence-electron chi connectivity index (χ1n) is 5.55. The van der Waals surface area contributed by atoms with Gasteiger partial charge in [-0.3, -0.25) is 0 Å². The molecule has 1 aromatic rings. The SMILES string of the molecule is NC(COCC(F)(F)C(F)F)Cc1ccc(Cl)cc1. The third-order valence-corrected chi connectivity index (χ3v) is 2.61. The number of rotatable bonds is 7. The highest BCUT2D eigenvalue weighted by molar-refractivity contribution is 6.30. The fraction of sp³-hybridized carbons (Fsp3) is 0.500. The second-order valence-electron chi connectivity index (χ2n) is 4.17. The lowest BCUT2D eigenvalue weighted by molar-refractivity contribution is -0.166. The van der Waals surface area contributed by atoms with Gasteiger partial charge in [0.05, 0.1) is 6.61 Å². The second-order valence-corrected chi connectivity index (χ2v) is 4.60. The van der Waals surface area contributed by atoms with Gasteiger partial charge in [0.1, 0.15) is 6.61 Å². The number of alkyl halides is 4. The summed E-state index contributed by atoms with van der Waals surface area (Å²) >= 11 is 5.70. The Hall–Kier alpha value is -0.850. The first kappa shape index (κ1) is 16.2. The highest BCUT2D eigenvalue weighted by Gasteiger charge is 2.40. The van der Waals surface area contributed by atoms with Gasteiger partial charge >= 0.3 is 12.3 Å². The van der Waals surface area contributed by atoms with Crippen LogP contribution in [-0.4, -0.2) is 31.6 Å². The Balaban J connectivity index is 2.32. The average molecular weight is 300 g/mol. The molecule has 0 amide bonds. The molecule has 1 unspecified atom stereocenters. The van der Waals surface area contributed by atoms with Gasteiger partial charge in [-0.1, -0.05) is 23.7 Å². The molecule has 0 spiro atoms. The molecule has 1 atom stereocenters. The maximum atomic E-state index is 12.5. The smallest absolute Gasteiger partial charge is 0.330 e. The van der Waals surface area contributed by atoms with E-state index in [-0.39, 0.29) is 6.61 Å². The molecule has 0 fully saturated rings. The van der Waals surface area contributed by atoms with Crippen molar-refractivity contribution in [2.75, 3.05) is 13.2 Å². The Morgan fingerprint density at radius 2 is 1.79 bits per heavy atom. The molecule has 0 aliphatic rings. The van der Waals surface area contributed by atoms with E-state index in [2.05, 4.69) is 4.74 Å². The van der Waals surface area contributed by atoms with Gasteiger partial charge in [0.2, 0.25) is 0 Å². The molecular formula is C12H14ClF4NO. The predicted octanol–water partition coefficient (Wildman–Crippen LogP) is 3.13. The largest absolute Gasteiger partial charge is 0.373 e. The molecular weight excluding hydrogens is 286 g/mol. The lowest BCUT2D eigenvalue weighted by Crippen LogP contribution is -2.36. The zero-order valence-corrected chi connectivity index (χ0v) is 10.7. The summed E-state index contributed by atoms with van der Waals surface area (Å²) in [5, 5.41) is 0.574. The monoisotopic (exact) mass is 299 g/mol. The van der Waals surface area contributed by atoms with Crippen LogP contribution in [0.4, 0.5) is 17.6 Å². The minimum Gasteiger partial charge on any atom is -0.373 e. The summed E-state index contributed by atoms with van der Waals surface area (Å²) in [7, 11) is 0. The lowest BCUT2D eigenvalue weighted by Gasteiger charge is -2.17. The number of nitrogens with two attached hydrogens (primary N) is 1. The Morgan fingerprint density at radius 1 is 1.21 bits per heavy atom. The predicted molar refractivity (Wildman–Crippen MR) is 64.9 cm³/mol. The van der Waals surface area contributed by atoms with E-state index >= 15 is 0 Å². The van der Waals surface area contributed by atoms with Crippen LogP contribution in [0.15, 0.2) is 24.3 Å². The van der Waals surface area contributed by atoms with Crippen LogP contribution in [0.1, 0.15) is 5.56 Å². The zero-order valence-electron chi connectivity index (χ0n) is 9.96. The van der Waals surface area contributed by atoms with Crippen molar-refractivity contribution in [2.45, 2.75) is 24.8 Å². The number of hydrogen-bond acceptors (Lipinski definition) is 2. The van der Waals surface area contributed by atoms with E-state index in [9.17, 15) is 17.6 Å². The second kappa shape index (κ2) is 7.07. The summed E-state index contributed by atoms with van der Waals surface area (Å²) in [5.74, 6) is -4.14. The molecule has 0 aliphatic carbocycles. The number of hydrogen-bond donors (Lipinski definition) is 1. The standard InChI is InChI=1S/C12H14ClF4NO/c13-9-3-1-8(2-4-9)5-10(18)6-19-7-12(16,17)11(14)15/h1-4,10-11H,5-7,18H2. The van der Waals surface area contributed by atoms with E-state index in [4.69, 9.17) is 17.3 Å². The van der Waals surface area contributed by atoms with Crippen LogP contribution in [0, 0.1) is 0 Å². The summed E-state index contributed by atoms with van der Waals surface area (Å²) in [4.78, 5) is 0. The van der Waals surface area contributed by atoms with Gasteiger partial charge in [-0.15, -0.1) is 0 Å². The highest BCUT2D eigenvalue weighted by atomic mass is 35.5. The van der Waals surface area contributed by atoms with E-state index < -0.39 is 25.0 Å². The number of benzene rings is 1. The minimum absolute atomic E-state index is 0.217. The van der Waals surface area contributed by atoms with Crippen molar-refractivity contribution in [1.82, 2.24) is 0 Å². The quantitative estimate of drug-likeness (QED) is 0.785. The number of ether oxygens (including phenoxy) is 1. The summed E-state index contributed by atoms with van der Waals surface area (Å²) in [6.07, 6.45) is -3.35. The number of halogens is 5. The van der Waals surface area contributed by atoms with Crippen molar-refractivity contribution in [3.8, 4) is 0 Å². The van der Waals surface area contributed by atoms with Crippen molar-refractivity contribution < 1.29 is 22.3 Å². The Bertz CT molecular complexity index is 386. The molecule has 0 saturated carbocycles. The first-order chi connectivity index (χ1) is 8.81. The molecule has 0 heterocycles. The Morgan fingerprint density at radius 3 is 2.32 bits per heavy atom. The fourth-order valence-electron chi connectivity index (χ4n) is 1.39. The van der Waals surface area contributed by atoms with E-state index in [1.54, 1.807) is 24.3 Å². The van der Waals surface area contributed by atoms with Gasteiger partial charge in [-0.2, -0.15) is 8.78 Å². The molecule has 0 saturated heterocycles. The Labute approximate surface area is 113 Å². The topological polar surface area (TPSA) is 35.2 Å². The molecule has 2 N–H and O–H groups in total. The lowest BCUT2D eigenvalue weighted by atomic mass is 10.1. The van der Waals surface area contributed by atoms with Crippen LogP contribution < -0.4 is 5.73 Å². The van der Waals surface area contributed by atoms with E-state index in [1.165, 1.54) is 0 Å². The highest BCUT2D eigenvalue weighted by Crippen LogP contribution is 2.22. The fourth-order valence-corrected chi connectivity index (χ4v) is 1.52. The van der Waals surface area contributed by atoms with Crippen LogP contribution in [0.25, 0.3) is 0 Å². The van der Waals surface area contributed by atoms with E-state index in [1.807, 2.05) is 0 Å². The summed E-state index contributed by atoms with van der Waals surface area (Å²) in [6, 6.07) is 6.30. The Kier molecular flexibility index (Phi) is 6.03. The summed E-state index contributed by atoms with van der Waals surface area (Å²) in [5.41, 5.74) is 6.52. The van der Waals surface area contributed by atoms with Crippen molar-refractivity contribution in [3.63, 3.8) is 0 Å². The van der Waals surface area contributed by atoms with Crippen molar-refractivity contribution in [1.29, 1.82) is 0 Å². The third kappa shape index (κ3) is 5.76. The minimum atomic E-state index is -4.14. The van der Waals surface area contributed by atoms with Crippen LogP contribution in [-0.2, 0) is 11.2 Å². The average Bonchev–Trinajstić information content (AvgIpc) is 2.31. The molecule has 0 radical (unpaired) electrons. The van der Waals surface area contributed by atoms with Crippen LogP contribution in [0.3, 0.4) is 0 Å². The van der Waals surface area contributed by atoms with Crippen molar-refractivity contribution >= 4 is 11.6 Å². The molecule has 19 heavy (non-hydrogen) atoms. The summed E-state index contributed by atoms with van der Waals surface area (Å²) in [6.45, 7) is -1.55. The van der Waals surface area contributed by atoms with Gasteiger partial charge < -0.3 is 10.5 Å². The van der Waals surface area contributed by atoms with Crippen LogP contribution in [0.5, 0.6) is 0 Å².